The minimum Gasteiger partial charge on any atom is -0.504 e. The molecule has 3 nitrogen and oxygen atoms in total. The lowest BCUT2D eigenvalue weighted by Gasteiger charge is -2.40. The van der Waals surface area contributed by atoms with Gasteiger partial charge in [-0.3, -0.25) is 4.90 Å². The molecule has 22 heavy (non-hydrogen) atoms. The van der Waals surface area contributed by atoms with Crippen LogP contribution < -0.4 is 4.74 Å². The minimum atomic E-state index is 0. The lowest BCUT2D eigenvalue weighted by atomic mass is 9.76. The fourth-order valence-corrected chi connectivity index (χ4v) is 3.81. The van der Waals surface area contributed by atoms with Crippen molar-refractivity contribution >= 4 is 12.4 Å². The predicted molar refractivity (Wildman–Crippen MR) is 90.1 cm³/mol. The van der Waals surface area contributed by atoms with Crippen LogP contribution in [0.15, 0.2) is 30.3 Å². The van der Waals surface area contributed by atoms with E-state index in [1.165, 1.54) is 16.7 Å². The van der Waals surface area contributed by atoms with Crippen molar-refractivity contribution in [2.24, 2.45) is 0 Å². The number of fused-ring (bicyclic) bond motifs is 2. The summed E-state index contributed by atoms with van der Waals surface area (Å²) in [5, 5.41) is 10.7. The Bertz CT molecular complexity index is 729. The summed E-state index contributed by atoms with van der Waals surface area (Å²) < 4.78 is 5.39. The monoisotopic (exact) mass is 317 g/mol. The molecule has 116 valence electrons. The fourth-order valence-electron chi connectivity index (χ4n) is 3.81. The van der Waals surface area contributed by atoms with Crippen LogP contribution in [0.2, 0.25) is 0 Å². The van der Waals surface area contributed by atoms with Crippen LogP contribution in [0.3, 0.4) is 0 Å². The standard InChI is InChI=1S/C18H19NO2.ClH/c1-19-8-7-12-10-15(21-2)18(20)17-13-6-4-3-5-11(13)9-14(19)16(12)17;/h3-6,10,14,20H,7-9H2,1-2H3;1H. The molecule has 0 fully saturated rings. The molecule has 4 heteroatoms. The molecule has 1 N–H and O–H groups in total. The van der Waals surface area contributed by atoms with E-state index >= 15 is 0 Å². The van der Waals surface area contributed by atoms with Gasteiger partial charge in [0.1, 0.15) is 0 Å². The molecular formula is C18H20ClNO2. The first-order chi connectivity index (χ1) is 10.2. The van der Waals surface area contributed by atoms with Crippen molar-refractivity contribution in [3.63, 3.8) is 0 Å². The van der Waals surface area contributed by atoms with E-state index in [2.05, 4.69) is 30.1 Å². The summed E-state index contributed by atoms with van der Waals surface area (Å²) in [7, 11) is 3.79. The molecule has 0 amide bonds. The number of nitrogens with zero attached hydrogens (tertiary/aromatic N) is 1. The molecule has 1 heterocycles. The third-order valence-electron chi connectivity index (χ3n) is 4.91. The molecule has 0 spiro atoms. The number of benzene rings is 2. The van der Waals surface area contributed by atoms with Gasteiger partial charge in [-0.05, 0) is 48.2 Å². The molecule has 1 aliphatic heterocycles. The maximum Gasteiger partial charge on any atom is 0.166 e. The third-order valence-corrected chi connectivity index (χ3v) is 4.91. The van der Waals surface area contributed by atoms with E-state index in [0.29, 0.717) is 11.8 Å². The summed E-state index contributed by atoms with van der Waals surface area (Å²) in [6.07, 6.45) is 2.02. The van der Waals surface area contributed by atoms with Crippen molar-refractivity contribution in [3.05, 3.63) is 47.0 Å². The highest BCUT2D eigenvalue weighted by Gasteiger charge is 2.35. The Labute approximate surface area is 136 Å². The van der Waals surface area contributed by atoms with Gasteiger partial charge in [-0.25, -0.2) is 0 Å². The molecule has 4 rings (SSSR count). The average molecular weight is 318 g/mol. The van der Waals surface area contributed by atoms with E-state index in [-0.39, 0.29) is 18.2 Å². The smallest absolute Gasteiger partial charge is 0.166 e. The molecular weight excluding hydrogens is 298 g/mol. The molecule has 1 aliphatic carbocycles. The van der Waals surface area contributed by atoms with Crippen molar-refractivity contribution in [3.8, 4) is 22.6 Å². The number of aromatic hydroxyl groups is 1. The first-order valence-electron chi connectivity index (χ1n) is 7.42. The quantitative estimate of drug-likeness (QED) is 0.872. The maximum absolute atomic E-state index is 10.7. The number of methoxy groups -OCH3 is 1. The lowest BCUT2D eigenvalue weighted by Crippen LogP contribution is -2.35. The molecule has 0 saturated heterocycles. The number of likely N-dealkylation sites (N-methyl/N-ethyl adjacent to an activating group) is 1. The number of hydrogen-bond donors (Lipinski definition) is 1. The van der Waals surface area contributed by atoms with Crippen LogP contribution in [0.25, 0.3) is 11.1 Å². The minimum absolute atomic E-state index is 0. The molecule has 0 saturated carbocycles. The zero-order chi connectivity index (χ0) is 14.6. The number of rotatable bonds is 1. The normalized spacial score (nSPS) is 18.9. The van der Waals surface area contributed by atoms with Gasteiger partial charge in [0.05, 0.1) is 7.11 Å². The highest BCUT2D eigenvalue weighted by molar-refractivity contribution is 5.85. The molecule has 0 aromatic heterocycles. The van der Waals surface area contributed by atoms with E-state index in [9.17, 15) is 5.11 Å². The number of phenols is 1. The van der Waals surface area contributed by atoms with Crippen molar-refractivity contribution in [1.29, 1.82) is 0 Å². The maximum atomic E-state index is 10.7. The van der Waals surface area contributed by atoms with Crippen molar-refractivity contribution < 1.29 is 9.84 Å². The summed E-state index contributed by atoms with van der Waals surface area (Å²) in [5.41, 5.74) is 6.04. The summed E-state index contributed by atoms with van der Waals surface area (Å²) in [5.74, 6) is 0.868. The van der Waals surface area contributed by atoms with E-state index in [1.54, 1.807) is 7.11 Å². The van der Waals surface area contributed by atoms with Crippen LogP contribution >= 0.6 is 12.4 Å². The third kappa shape index (κ3) is 2.00. The first-order valence-corrected chi connectivity index (χ1v) is 7.42. The zero-order valence-electron chi connectivity index (χ0n) is 12.8. The van der Waals surface area contributed by atoms with Gasteiger partial charge in [-0.2, -0.15) is 0 Å². The Morgan fingerprint density at radius 1 is 1.23 bits per heavy atom. The number of phenolic OH excluding ortho intramolecular Hbond substituents is 1. The highest BCUT2D eigenvalue weighted by atomic mass is 35.5. The Morgan fingerprint density at radius 2 is 2.00 bits per heavy atom. The van der Waals surface area contributed by atoms with Crippen LogP contribution in [-0.2, 0) is 12.8 Å². The second-order valence-electron chi connectivity index (χ2n) is 5.98. The van der Waals surface area contributed by atoms with E-state index in [0.717, 1.165) is 30.5 Å². The van der Waals surface area contributed by atoms with E-state index in [1.807, 2.05) is 12.1 Å². The van der Waals surface area contributed by atoms with Gasteiger partial charge < -0.3 is 9.84 Å². The predicted octanol–water partition coefficient (Wildman–Crippen LogP) is 3.57. The molecule has 2 aliphatic rings. The molecule has 1 atom stereocenters. The largest absolute Gasteiger partial charge is 0.504 e. The Balaban J connectivity index is 0.00000144. The summed E-state index contributed by atoms with van der Waals surface area (Å²) in [6, 6.07) is 10.8. The first kappa shape index (κ1) is 15.2. The molecule has 2 aromatic carbocycles. The van der Waals surface area contributed by atoms with Crippen LogP contribution in [0.1, 0.15) is 22.7 Å². The molecule has 0 radical (unpaired) electrons. The Kier molecular flexibility index (Phi) is 3.79. The molecule has 0 bridgehead atoms. The van der Waals surface area contributed by atoms with Gasteiger partial charge in [0.25, 0.3) is 0 Å². The Hall–Kier alpha value is -1.71. The topological polar surface area (TPSA) is 32.7 Å². The SMILES string of the molecule is COc1cc2c3c(c1O)-c1ccccc1CC3N(C)CC2.Cl. The van der Waals surface area contributed by atoms with Gasteiger partial charge in [0.15, 0.2) is 11.5 Å². The van der Waals surface area contributed by atoms with Gasteiger partial charge >= 0.3 is 0 Å². The van der Waals surface area contributed by atoms with Crippen molar-refractivity contribution in [1.82, 2.24) is 4.90 Å². The summed E-state index contributed by atoms with van der Waals surface area (Å²) in [6.45, 7) is 1.05. The number of hydrogen-bond acceptors (Lipinski definition) is 3. The summed E-state index contributed by atoms with van der Waals surface area (Å²) in [4.78, 5) is 2.40. The summed E-state index contributed by atoms with van der Waals surface area (Å²) >= 11 is 0. The zero-order valence-corrected chi connectivity index (χ0v) is 13.6. The van der Waals surface area contributed by atoms with Crippen LogP contribution in [0.4, 0.5) is 0 Å². The fraction of sp³-hybridized carbons (Fsp3) is 0.333. The average Bonchev–Trinajstić information content (AvgIpc) is 2.52. The second-order valence-corrected chi connectivity index (χ2v) is 5.98. The number of halogens is 1. The van der Waals surface area contributed by atoms with Crippen molar-refractivity contribution in [2.45, 2.75) is 18.9 Å². The second kappa shape index (κ2) is 5.49. The lowest BCUT2D eigenvalue weighted by molar-refractivity contribution is 0.227. The highest BCUT2D eigenvalue weighted by Crippen LogP contribution is 2.51. The molecule has 1 unspecified atom stereocenters. The van der Waals surface area contributed by atoms with Crippen LogP contribution in [0, 0.1) is 0 Å². The van der Waals surface area contributed by atoms with Crippen LogP contribution in [-0.4, -0.2) is 30.7 Å². The van der Waals surface area contributed by atoms with Gasteiger partial charge in [0, 0.05) is 18.2 Å². The van der Waals surface area contributed by atoms with Gasteiger partial charge in [-0.1, -0.05) is 24.3 Å². The van der Waals surface area contributed by atoms with E-state index in [4.69, 9.17) is 4.74 Å². The molecule has 2 aromatic rings. The van der Waals surface area contributed by atoms with Crippen molar-refractivity contribution in [2.75, 3.05) is 20.7 Å². The Morgan fingerprint density at radius 3 is 2.77 bits per heavy atom. The van der Waals surface area contributed by atoms with E-state index < -0.39 is 0 Å². The van der Waals surface area contributed by atoms with Gasteiger partial charge in [-0.15, -0.1) is 12.4 Å². The number of ether oxygens (including phenoxy) is 1. The van der Waals surface area contributed by atoms with Gasteiger partial charge in [0.2, 0.25) is 0 Å². The van der Waals surface area contributed by atoms with Crippen LogP contribution in [0.5, 0.6) is 11.5 Å².